The molecule has 0 radical (unpaired) electrons. The molecule has 0 aromatic heterocycles. The minimum Gasteiger partial charge on any atom is -0.466 e. The molecular weight excluding hydrogens is 388 g/mol. The maximum Gasteiger partial charge on any atom is 0.305 e. The molecule has 0 spiro atoms. The molecule has 4 aliphatic rings. The van der Waals surface area contributed by atoms with Gasteiger partial charge in [-0.05, 0) is 85.3 Å². The van der Waals surface area contributed by atoms with E-state index < -0.39 is 5.60 Å². The van der Waals surface area contributed by atoms with Crippen molar-refractivity contribution in [3.05, 3.63) is 36.0 Å². The third-order valence-corrected chi connectivity index (χ3v) is 9.57. The van der Waals surface area contributed by atoms with E-state index in [-0.39, 0.29) is 28.5 Å². The Morgan fingerprint density at radius 2 is 1.97 bits per heavy atom. The number of hydrogen-bond acceptors (Lipinski definition) is 4. The molecule has 1 unspecified atom stereocenters. The van der Waals surface area contributed by atoms with Crippen LogP contribution in [0.25, 0.3) is 0 Å². The summed E-state index contributed by atoms with van der Waals surface area (Å²) in [4.78, 5) is 23.5. The fourth-order valence-corrected chi connectivity index (χ4v) is 7.72. The number of carbonyl (C=O) groups excluding carboxylic acids is 2. The monoisotopic (exact) mass is 426 g/mol. The molecule has 0 aromatic rings. The predicted octanol–water partition coefficient (Wildman–Crippen LogP) is 5.32. The van der Waals surface area contributed by atoms with Crippen molar-refractivity contribution in [2.45, 2.75) is 84.2 Å². The Balaban J connectivity index is 1.58. The van der Waals surface area contributed by atoms with Crippen molar-refractivity contribution in [1.82, 2.24) is 0 Å². The number of ether oxygens (including phenoxy) is 1. The molecule has 3 saturated carbocycles. The van der Waals surface area contributed by atoms with Crippen LogP contribution in [0.3, 0.4) is 0 Å². The highest BCUT2D eigenvalue weighted by molar-refractivity contribution is 5.91. The Bertz CT molecular complexity index is 853. The highest BCUT2D eigenvalue weighted by Gasteiger charge is 2.66. The second-order valence-electron chi connectivity index (χ2n) is 10.8. The van der Waals surface area contributed by atoms with Crippen molar-refractivity contribution in [2.24, 2.45) is 28.6 Å². The number of carbonyl (C=O) groups is 2. The fraction of sp³-hybridized carbons (Fsp3) is 0.704. The molecule has 4 rings (SSSR count). The lowest BCUT2D eigenvalue weighted by Gasteiger charge is -2.59. The van der Waals surface area contributed by atoms with Gasteiger partial charge in [0.05, 0.1) is 12.2 Å². The average molecular weight is 427 g/mol. The first kappa shape index (κ1) is 22.5. The van der Waals surface area contributed by atoms with E-state index in [0.717, 1.165) is 43.3 Å². The third kappa shape index (κ3) is 3.20. The zero-order chi connectivity index (χ0) is 22.6. The van der Waals surface area contributed by atoms with Crippen LogP contribution < -0.4 is 0 Å². The zero-order valence-corrected chi connectivity index (χ0v) is 19.5. The van der Waals surface area contributed by atoms with Crippen LogP contribution in [0.4, 0.5) is 0 Å². The van der Waals surface area contributed by atoms with Gasteiger partial charge in [-0.3, -0.25) is 9.59 Å². The van der Waals surface area contributed by atoms with E-state index in [0.29, 0.717) is 44.1 Å². The predicted molar refractivity (Wildman–Crippen MR) is 121 cm³/mol. The van der Waals surface area contributed by atoms with E-state index in [4.69, 9.17) is 4.74 Å². The van der Waals surface area contributed by atoms with Crippen molar-refractivity contribution in [1.29, 1.82) is 0 Å². The molecule has 3 fully saturated rings. The summed E-state index contributed by atoms with van der Waals surface area (Å²) >= 11 is 0. The van der Waals surface area contributed by atoms with E-state index in [1.165, 1.54) is 5.57 Å². The average Bonchev–Trinajstić information content (AvgIpc) is 2.89. The minimum absolute atomic E-state index is 0.0921. The molecule has 0 heterocycles. The number of rotatable bonds is 5. The van der Waals surface area contributed by atoms with Gasteiger partial charge < -0.3 is 9.84 Å². The molecule has 0 aromatic carbocycles. The van der Waals surface area contributed by atoms with Gasteiger partial charge in [-0.15, -0.1) is 0 Å². The Morgan fingerprint density at radius 3 is 2.68 bits per heavy atom. The van der Waals surface area contributed by atoms with Gasteiger partial charge in [-0.25, -0.2) is 0 Å². The number of ketones is 1. The maximum atomic E-state index is 12.1. The van der Waals surface area contributed by atoms with E-state index in [1.807, 2.05) is 6.08 Å². The van der Waals surface area contributed by atoms with Crippen molar-refractivity contribution in [3.8, 4) is 0 Å². The molecule has 0 saturated heterocycles. The number of fused-ring (bicyclic) bond motifs is 5. The number of hydrogen-bond donors (Lipinski definition) is 1. The Hall–Kier alpha value is -1.68. The highest BCUT2D eigenvalue weighted by atomic mass is 16.5. The normalized spacial score (nSPS) is 41.9. The quantitative estimate of drug-likeness (QED) is 0.478. The lowest BCUT2D eigenvalue weighted by atomic mass is 9.46. The lowest BCUT2D eigenvalue weighted by Crippen LogP contribution is -2.55. The van der Waals surface area contributed by atoms with Crippen LogP contribution in [0.1, 0.15) is 78.6 Å². The van der Waals surface area contributed by atoms with Crippen molar-refractivity contribution in [2.75, 3.05) is 6.61 Å². The Kier molecular flexibility index (Phi) is 5.61. The third-order valence-electron chi connectivity index (χ3n) is 9.57. The second-order valence-corrected chi connectivity index (χ2v) is 10.8. The molecule has 0 bridgehead atoms. The van der Waals surface area contributed by atoms with Gasteiger partial charge in [0, 0.05) is 18.3 Å². The van der Waals surface area contributed by atoms with Crippen LogP contribution in [0, 0.1) is 28.6 Å². The summed E-state index contributed by atoms with van der Waals surface area (Å²) in [7, 11) is 0. The standard InChI is InChI=1S/C27H38O4/c1-6-23(29)31-15-7-12-27(30)18(3)17(2)24-21-9-8-19-16-20(28)10-13-25(19,4)22(21)11-14-26(24,27)5/h16,21-22,24,30H,2-3,6-15H2,1,4-5H3/t21-,22-,24+,25+,26+,27?/m1/s1. The molecular formula is C27H38O4. The van der Waals surface area contributed by atoms with Gasteiger partial charge in [0.15, 0.2) is 5.78 Å². The summed E-state index contributed by atoms with van der Waals surface area (Å²) in [5, 5.41) is 12.0. The van der Waals surface area contributed by atoms with Crippen molar-refractivity contribution < 1.29 is 19.4 Å². The molecule has 31 heavy (non-hydrogen) atoms. The zero-order valence-electron chi connectivity index (χ0n) is 19.5. The first-order valence-corrected chi connectivity index (χ1v) is 12.1. The second kappa shape index (κ2) is 7.72. The van der Waals surface area contributed by atoms with Crippen LogP contribution >= 0.6 is 0 Å². The lowest BCUT2D eigenvalue weighted by molar-refractivity contribution is -0.145. The first-order valence-electron chi connectivity index (χ1n) is 12.1. The molecule has 1 N–H and O–H groups in total. The van der Waals surface area contributed by atoms with E-state index in [1.54, 1.807) is 6.92 Å². The minimum atomic E-state index is -1.00. The topological polar surface area (TPSA) is 63.6 Å². The summed E-state index contributed by atoms with van der Waals surface area (Å²) in [6, 6.07) is 0. The smallest absolute Gasteiger partial charge is 0.305 e. The van der Waals surface area contributed by atoms with Crippen LogP contribution in [0.5, 0.6) is 0 Å². The number of aliphatic hydroxyl groups is 1. The summed E-state index contributed by atoms with van der Waals surface area (Å²) in [6.45, 7) is 15.5. The van der Waals surface area contributed by atoms with Crippen molar-refractivity contribution in [3.63, 3.8) is 0 Å². The molecule has 4 heteroatoms. The number of allylic oxidation sites excluding steroid dienone is 1. The van der Waals surface area contributed by atoms with E-state index >= 15 is 0 Å². The molecule has 170 valence electrons. The largest absolute Gasteiger partial charge is 0.466 e. The van der Waals surface area contributed by atoms with Gasteiger partial charge >= 0.3 is 5.97 Å². The van der Waals surface area contributed by atoms with Crippen LogP contribution in [0.2, 0.25) is 0 Å². The molecule has 6 atom stereocenters. The summed E-state index contributed by atoms with van der Waals surface area (Å²) in [6.07, 6.45) is 9.09. The first-order chi connectivity index (χ1) is 14.6. The molecule has 4 nitrogen and oxygen atoms in total. The van der Waals surface area contributed by atoms with E-state index in [9.17, 15) is 14.7 Å². The van der Waals surface area contributed by atoms with Gasteiger partial charge in [-0.2, -0.15) is 0 Å². The van der Waals surface area contributed by atoms with Crippen LogP contribution in [-0.2, 0) is 14.3 Å². The number of esters is 1. The van der Waals surface area contributed by atoms with Gasteiger partial charge in [0.1, 0.15) is 0 Å². The molecule has 0 aliphatic heterocycles. The van der Waals surface area contributed by atoms with Crippen LogP contribution in [-0.4, -0.2) is 29.1 Å². The fourth-order valence-electron chi connectivity index (χ4n) is 7.72. The summed E-state index contributed by atoms with van der Waals surface area (Å²) in [5.41, 5.74) is 1.95. The van der Waals surface area contributed by atoms with Crippen molar-refractivity contribution >= 4 is 11.8 Å². The highest BCUT2D eigenvalue weighted by Crippen LogP contribution is 2.70. The van der Waals surface area contributed by atoms with E-state index in [2.05, 4.69) is 27.0 Å². The Morgan fingerprint density at radius 1 is 1.23 bits per heavy atom. The molecule has 0 amide bonds. The Labute approximate surface area is 186 Å². The maximum absolute atomic E-state index is 12.1. The van der Waals surface area contributed by atoms with Gasteiger partial charge in [-0.1, -0.05) is 39.5 Å². The summed E-state index contributed by atoms with van der Waals surface area (Å²) < 4.78 is 5.26. The SMILES string of the molecule is C=C1C(=C)C(O)(CCCOC(=O)CC)[C@@]2(C)CC[C@@H]3[C@@H](CCC4=CC(=O)CC[C@@]43C)[C@H]12. The summed E-state index contributed by atoms with van der Waals surface area (Å²) in [5.74, 6) is 1.29. The molecule has 4 aliphatic carbocycles. The van der Waals surface area contributed by atoms with Crippen LogP contribution in [0.15, 0.2) is 36.0 Å². The van der Waals surface area contributed by atoms with Gasteiger partial charge in [0.25, 0.3) is 0 Å². The van der Waals surface area contributed by atoms with Gasteiger partial charge in [0.2, 0.25) is 0 Å².